The zero-order valence-corrected chi connectivity index (χ0v) is 13.9. The normalized spacial score (nSPS) is 13.6. The molecule has 1 aliphatic carbocycles. The first kappa shape index (κ1) is 16.7. The van der Waals surface area contributed by atoms with Crippen molar-refractivity contribution in [1.29, 1.82) is 0 Å². The van der Waals surface area contributed by atoms with Crippen LogP contribution in [0.5, 0.6) is 0 Å². The van der Waals surface area contributed by atoms with Gasteiger partial charge in [0.1, 0.15) is 5.82 Å². The number of aromatic carboxylic acids is 1. The van der Waals surface area contributed by atoms with Gasteiger partial charge in [0.05, 0.1) is 21.2 Å². The second-order valence-electron chi connectivity index (χ2n) is 5.51. The van der Waals surface area contributed by atoms with E-state index in [1.807, 2.05) is 0 Å². The summed E-state index contributed by atoms with van der Waals surface area (Å²) < 4.78 is 40.9. The van der Waals surface area contributed by atoms with Gasteiger partial charge in [-0.2, -0.15) is 0 Å². The van der Waals surface area contributed by atoms with Crippen molar-refractivity contribution in [3.8, 4) is 0 Å². The lowest BCUT2D eigenvalue weighted by Gasteiger charge is -2.13. The van der Waals surface area contributed by atoms with Crippen molar-refractivity contribution in [3.05, 3.63) is 57.9 Å². The number of carboxylic acid groups (broad SMARTS) is 1. The Morgan fingerprint density at radius 1 is 1.21 bits per heavy atom. The van der Waals surface area contributed by atoms with Crippen LogP contribution in [0.3, 0.4) is 0 Å². The molecule has 2 aromatic rings. The lowest BCUT2D eigenvalue weighted by atomic mass is 10.1. The van der Waals surface area contributed by atoms with E-state index in [2.05, 4.69) is 4.72 Å². The van der Waals surface area contributed by atoms with Crippen LogP contribution in [0.15, 0.2) is 35.2 Å². The first-order valence-electron chi connectivity index (χ1n) is 7.15. The summed E-state index contributed by atoms with van der Waals surface area (Å²) in [4.78, 5) is 11.2. The number of benzene rings is 2. The van der Waals surface area contributed by atoms with Gasteiger partial charge in [-0.05, 0) is 60.7 Å². The maximum atomic E-state index is 13.2. The van der Waals surface area contributed by atoms with E-state index in [0.717, 1.165) is 30.2 Å². The molecule has 0 fully saturated rings. The Labute approximate surface area is 143 Å². The third-order valence-corrected chi connectivity index (χ3v) is 5.62. The number of halogens is 2. The van der Waals surface area contributed by atoms with Crippen molar-refractivity contribution in [2.45, 2.75) is 24.2 Å². The monoisotopic (exact) mass is 369 g/mol. The van der Waals surface area contributed by atoms with Gasteiger partial charge in [-0.1, -0.05) is 11.6 Å². The second-order valence-corrected chi connectivity index (χ2v) is 7.56. The number of rotatable bonds is 4. The van der Waals surface area contributed by atoms with Crippen LogP contribution in [0.4, 0.5) is 10.1 Å². The summed E-state index contributed by atoms with van der Waals surface area (Å²) in [5.41, 5.74) is 1.38. The molecule has 0 amide bonds. The lowest BCUT2D eigenvalue weighted by molar-refractivity contribution is 0.0696. The quantitative estimate of drug-likeness (QED) is 0.864. The number of carboxylic acids is 1. The van der Waals surface area contributed by atoms with Crippen LogP contribution in [0.1, 0.15) is 27.9 Å². The van der Waals surface area contributed by atoms with E-state index in [-0.39, 0.29) is 21.2 Å². The Bertz CT molecular complexity index is 943. The minimum Gasteiger partial charge on any atom is -0.478 e. The topological polar surface area (TPSA) is 83.5 Å². The summed E-state index contributed by atoms with van der Waals surface area (Å²) >= 11 is 5.66. The molecule has 0 unspecified atom stereocenters. The Morgan fingerprint density at radius 2 is 1.96 bits per heavy atom. The molecule has 3 rings (SSSR count). The van der Waals surface area contributed by atoms with Gasteiger partial charge in [-0.3, -0.25) is 4.72 Å². The number of anilines is 1. The van der Waals surface area contributed by atoms with Gasteiger partial charge >= 0.3 is 5.97 Å². The van der Waals surface area contributed by atoms with Gasteiger partial charge in [-0.15, -0.1) is 0 Å². The molecule has 0 bridgehead atoms. The molecular formula is C16H13ClFNO4S. The molecule has 0 heterocycles. The van der Waals surface area contributed by atoms with Crippen LogP contribution in [0.2, 0.25) is 5.02 Å². The summed E-state index contributed by atoms with van der Waals surface area (Å²) in [5, 5.41) is 8.98. The van der Waals surface area contributed by atoms with Crippen molar-refractivity contribution in [2.75, 3.05) is 4.72 Å². The molecule has 0 atom stereocenters. The predicted octanol–water partition coefficient (Wildman–Crippen LogP) is 3.47. The summed E-state index contributed by atoms with van der Waals surface area (Å²) in [5.74, 6) is -1.85. The average molecular weight is 370 g/mol. The highest BCUT2D eigenvalue weighted by molar-refractivity contribution is 7.92. The van der Waals surface area contributed by atoms with Gasteiger partial charge < -0.3 is 5.11 Å². The Hall–Kier alpha value is -2.12. The van der Waals surface area contributed by atoms with Crippen LogP contribution in [-0.4, -0.2) is 19.5 Å². The minimum atomic E-state index is -4.02. The van der Waals surface area contributed by atoms with Crippen molar-refractivity contribution in [1.82, 2.24) is 0 Å². The SMILES string of the molecule is O=C(O)c1cc2c(c(S(=O)(=O)Nc3ccc(F)c(Cl)c3)c1)CCC2. The van der Waals surface area contributed by atoms with Gasteiger partial charge in [0.25, 0.3) is 10.0 Å². The van der Waals surface area contributed by atoms with E-state index >= 15 is 0 Å². The molecular weight excluding hydrogens is 357 g/mol. The summed E-state index contributed by atoms with van der Waals surface area (Å²) in [7, 11) is -4.02. The average Bonchev–Trinajstić information content (AvgIpc) is 2.97. The van der Waals surface area contributed by atoms with E-state index in [1.54, 1.807) is 0 Å². The van der Waals surface area contributed by atoms with Gasteiger partial charge in [0, 0.05) is 0 Å². The Kier molecular flexibility index (Phi) is 4.23. The number of sulfonamides is 1. The third kappa shape index (κ3) is 3.09. The molecule has 0 spiro atoms. The van der Waals surface area contributed by atoms with Crippen LogP contribution in [0, 0.1) is 5.82 Å². The highest BCUT2D eigenvalue weighted by atomic mass is 35.5. The molecule has 126 valence electrons. The Morgan fingerprint density at radius 3 is 2.62 bits per heavy atom. The fourth-order valence-corrected chi connectivity index (χ4v) is 4.37. The third-order valence-electron chi connectivity index (χ3n) is 3.88. The zero-order chi connectivity index (χ0) is 17.5. The molecule has 2 N–H and O–H groups in total. The Balaban J connectivity index is 2.06. The standard InChI is InChI=1S/C16H13ClFNO4S/c17-13-8-11(4-5-14(13)18)19-24(22,23)15-7-10(16(20)21)6-9-2-1-3-12(9)15/h4-8,19H,1-3H2,(H,20,21). The van der Waals surface area contributed by atoms with Crippen LogP contribution in [0.25, 0.3) is 0 Å². The largest absolute Gasteiger partial charge is 0.478 e. The molecule has 0 radical (unpaired) electrons. The maximum absolute atomic E-state index is 13.2. The summed E-state index contributed by atoms with van der Waals surface area (Å²) in [6.45, 7) is 0. The minimum absolute atomic E-state index is 0.0599. The molecule has 24 heavy (non-hydrogen) atoms. The molecule has 0 aromatic heterocycles. The van der Waals surface area contributed by atoms with Crippen LogP contribution in [-0.2, 0) is 22.9 Å². The summed E-state index contributed by atoms with van der Waals surface area (Å²) in [6.07, 6.45) is 1.97. The van der Waals surface area contributed by atoms with Crippen LogP contribution >= 0.6 is 11.6 Å². The number of aryl methyl sites for hydroxylation is 1. The number of fused-ring (bicyclic) bond motifs is 1. The van der Waals surface area contributed by atoms with E-state index < -0.39 is 21.8 Å². The molecule has 0 saturated heterocycles. The number of carbonyl (C=O) groups is 1. The number of hydrogen-bond acceptors (Lipinski definition) is 3. The van der Waals surface area contributed by atoms with Crippen LogP contribution < -0.4 is 4.72 Å². The van der Waals surface area contributed by atoms with Crippen molar-refractivity contribution in [2.24, 2.45) is 0 Å². The highest BCUT2D eigenvalue weighted by Crippen LogP contribution is 2.31. The first-order valence-corrected chi connectivity index (χ1v) is 9.01. The van der Waals surface area contributed by atoms with Crippen molar-refractivity contribution >= 4 is 33.3 Å². The van der Waals surface area contributed by atoms with E-state index in [0.29, 0.717) is 18.4 Å². The molecule has 0 aliphatic heterocycles. The molecule has 2 aromatic carbocycles. The molecule has 0 saturated carbocycles. The smallest absolute Gasteiger partial charge is 0.335 e. The van der Waals surface area contributed by atoms with E-state index in [1.165, 1.54) is 12.1 Å². The zero-order valence-electron chi connectivity index (χ0n) is 12.3. The summed E-state index contributed by atoms with van der Waals surface area (Å²) in [6, 6.07) is 6.13. The van der Waals surface area contributed by atoms with E-state index in [4.69, 9.17) is 11.6 Å². The van der Waals surface area contributed by atoms with Crippen molar-refractivity contribution in [3.63, 3.8) is 0 Å². The number of hydrogen-bond donors (Lipinski definition) is 2. The first-order chi connectivity index (χ1) is 11.3. The van der Waals surface area contributed by atoms with Gasteiger partial charge in [0.2, 0.25) is 0 Å². The molecule has 5 nitrogen and oxygen atoms in total. The second kappa shape index (κ2) is 6.07. The lowest BCUT2D eigenvalue weighted by Crippen LogP contribution is -2.16. The number of nitrogens with one attached hydrogen (secondary N) is 1. The fraction of sp³-hybridized carbons (Fsp3) is 0.188. The maximum Gasteiger partial charge on any atom is 0.335 e. The van der Waals surface area contributed by atoms with Gasteiger partial charge in [-0.25, -0.2) is 17.6 Å². The predicted molar refractivity (Wildman–Crippen MR) is 87.6 cm³/mol. The molecule has 8 heteroatoms. The fourth-order valence-electron chi connectivity index (χ4n) is 2.80. The highest BCUT2D eigenvalue weighted by Gasteiger charge is 2.26. The molecule has 1 aliphatic rings. The van der Waals surface area contributed by atoms with E-state index in [9.17, 15) is 22.7 Å². The van der Waals surface area contributed by atoms with Crippen molar-refractivity contribution < 1.29 is 22.7 Å². The van der Waals surface area contributed by atoms with Gasteiger partial charge in [0.15, 0.2) is 0 Å².